The first-order valence-electron chi connectivity index (χ1n) is 7.85. The maximum atomic E-state index is 13.0. The fourth-order valence-corrected chi connectivity index (χ4v) is 4.72. The van der Waals surface area contributed by atoms with Gasteiger partial charge in [-0.05, 0) is 26.0 Å². The number of aryl methyl sites for hydroxylation is 1. The smallest absolute Gasteiger partial charge is 0.335 e. The minimum Gasteiger partial charge on any atom is -0.370 e. The average molecular weight is 342 g/mol. The van der Waals surface area contributed by atoms with Gasteiger partial charge in [0.05, 0.1) is 23.4 Å². The van der Waals surface area contributed by atoms with Crippen molar-refractivity contribution in [3.05, 3.63) is 61.6 Å². The first kappa shape index (κ1) is 15.4. The standard InChI is InChI=1S/C18H18N2O3S/c1-18(2)9-13-12(10-23-18)14-15(24-13)16(21)20(17(22)19(14)3)11-7-5-4-6-8-11/h4-8H,9-10H2,1-3H3. The number of benzene rings is 1. The Balaban J connectivity index is 2.07. The van der Waals surface area contributed by atoms with Crippen molar-refractivity contribution in [3.63, 3.8) is 0 Å². The van der Waals surface area contributed by atoms with E-state index in [0.29, 0.717) is 22.5 Å². The third-order valence-electron chi connectivity index (χ3n) is 4.48. The van der Waals surface area contributed by atoms with Gasteiger partial charge in [0, 0.05) is 23.9 Å². The van der Waals surface area contributed by atoms with E-state index in [4.69, 9.17) is 4.74 Å². The molecule has 1 aliphatic rings. The van der Waals surface area contributed by atoms with Gasteiger partial charge in [0.1, 0.15) is 4.70 Å². The minimum absolute atomic E-state index is 0.245. The van der Waals surface area contributed by atoms with Crippen molar-refractivity contribution in [1.29, 1.82) is 0 Å². The molecule has 0 amide bonds. The van der Waals surface area contributed by atoms with Crippen LogP contribution >= 0.6 is 11.3 Å². The summed E-state index contributed by atoms with van der Waals surface area (Å²) in [4.78, 5) is 26.9. The van der Waals surface area contributed by atoms with Gasteiger partial charge in [-0.3, -0.25) is 9.36 Å². The molecule has 2 aromatic heterocycles. The van der Waals surface area contributed by atoms with Gasteiger partial charge < -0.3 is 4.74 Å². The number of nitrogens with zero attached hydrogens (tertiary/aromatic N) is 2. The summed E-state index contributed by atoms with van der Waals surface area (Å²) in [6.45, 7) is 4.52. The molecule has 24 heavy (non-hydrogen) atoms. The predicted molar refractivity (Wildman–Crippen MR) is 95.2 cm³/mol. The van der Waals surface area contributed by atoms with Crippen molar-refractivity contribution in [3.8, 4) is 5.69 Å². The SMILES string of the molecule is Cn1c(=O)n(-c2ccccc2)c(=O)c2sc3c(c21)COC(C)(C)C3. The lowest BCUT2D eigenvalue weighted by Crippen LogP contribution is -2.37. The van der Waals surface area contributed by atoms with E-state index >= 15 is 0 Å². The molecular formula is C18H18N2O3S. The van der Waals surface area contributed by atoms with E-state index in [0.717, 1.165) is 16.9 Å². The van der Waals surface area contributed by atoms with Crippen molar-refractivity contribution in [1.82, 2.24) is 9.13 Å². The first-order chi connectivity index (χ1) is 11.4. The van der Waals surface area contributed by atoms with Gasteiger partial charge in [-0.15, -0.1) is 11.3 Å². The molecule has 0 spiro atoms. The fraction of sp³-hybridized carbons (Fsp3) is 0.333. The Hall–Kier alpha value is -2.18. The van der Waals surface area contributed by atoms with Crippen LogP contribution in [0, 0.1) is 0 Å². The normalized spacial score (nSPS) is 16.3. The van der Waals surface area contributed by atoms with Crippen LogP contribution in [0.15, 0.2) is 39.9 Å². The molecule has 3 aromatic rings. The number of ether oxygens (including phenoxy) is 1. The van der Waals surface area contributed by atoms with E-state index < -0.39 is 0 Å². The second kappa shape index (κ2) is 5.16. The second-order valence-corrected chi connectivity index (χ2v) is 7.83. The molecule has 0 aliphatic carbocycles. The number of fused-ring (bicyclic) bond motifs is 3. The largest absolute Gasteiger partial charge is 0.370 e. The van der Waals surface area contributed by atoms with Gasteiger partial charge in [0.25, 0.3) is 5.56 Å². The van der Waals surface area contributed by atoms with Gasteiger partial charge in [-0.2, -0.15) is 0 Å². The molecule has 0 unspecified atom stereocenters. The molecule has 4 rings (SSSR count). The maximum Gasteiger partial charge on any atom is 0.335 e. The number of rotatable bonds is 1. The molecule has 0 bridgehead atoms. The molecule has 6 heteroatoms. The van der Waals surface area contributed by atoms with Crippen LogP contribution in [0.5, 0.6) is 0 Å². The van der Waals surface area contributed by atoms with Gasteiger partial charge in [-0.1, -0.05) is 18.2 Å². The van der Waals surface area contributed by atoms with Crippen LogP contribution in [0.25, 0.3) is 15.9 Å². The Morgan fingerprint density at radius 1 is 1.17 bits per heavy atom. The zero-order valence-electron chi connectivity index (χ0n) is 13.8. The number of aromatic nitrogens is 2. The van der Waals surface area contributed by atoms with E-state index in [1.165, 1.54) is 15.9 Å². The van der Waals surface area contributed by atoms with Crippen molar-refractivity contribution < 1.29 is 4.74 Å². The molecule has 0 N–H and O–H groups in total. The third-order valence-corrected chi connectivity index (χ3v) is 5.69. The van der Waals surface area contributed by atoms with E-state index in [-0.39, 0.29) is 16.9 Å². The number of para-hydroxylation sites is 1. The van der Waals surface area contributed by atoms with Crippen LogP contribution < -0.4 is 11.2 Å². The van der Waals surface area contributed by atoms with Crippen molar-refractivity contribution >= 4 is 21.6 Å². The van der Waals surface area contributed by atoms with E-state index in [9.17, 15) is 9.59 Å². The first-order valence-corrected chi connectivity index (χ1v) is 8.66. The van der Waals surface area contributed by atoms with E-state index in [1.807, 2.05) is 32.0 Å². The van der Waals surface area contributed by atoms with Gasteiger partial charge in [0.15, 0.2) is 0 Å². The Kier molecular flexibility index (Phi) is 3.30. The van der Waals surface area contributed by atoms with Crippen molar-refractivity contribution in [2.45, 2.75) is 32.5 Å². The van der Waals surface area contributed by atoms with Crippen LogP contribution in [0.3, 0.4) is 0 Å². The van der Waals surface area contributed by atoms with Gasteiger partial charge >= 0.3 is 5.69 Å². The summed E-state index contributed by atoms with van der Waals surface area (Å²) in [5, 5.41) is 0. The highest BCUT2D eigenvalue weighted by atomic mass is 32.1. The summed E-state index contributed by atoms with van der Waals surface area (Å²) >= 11 is 1.49. The molecule has 1 aromatic carbocycles. The van der Waals surface area contributed by atoms with Crippen molar-refractivity contribution in [2.24, 2.45) is 7.05 Å². The van der Waals surface area contributed by atoms with Crippen LogP contribution in [0.1, 0.15) is 24.3 Å². The lowest BCUT2D eigenvalue weighted by Gasteiger charge is -2.29. The monoisotopic (exact) mass is 342 g/mol. The number of hydrogen-bond donors (Lipinski definition) is 0. The molecule has 124 valence electrons. The highest BCUT2D eigenvalue weighted by Gasteiger charge is 2.31. The highest BCUT2D eigenvalue weighted by molar-refractivity contribution is 7.19. The second-order valence-electron chi connectivity index (χ2n) is 6.72. The van der Waals surface area contributed by atoms with Crippen LogP contribution in [0.2, 0.25) is 0 Å². The lowest BCUT2D eigenvalue weighted by atomic mass is 9.98. The molecule has 0 radical (unpaired) electrons. The molecule has 0 fully saturated rings. The van der Waals surface area contributed by atoms with Gasteiger partial charge in [-0.25, -0.2) is 9.36 Å². The average Bonchev–Trinajstić information content (AvgIpc) is 2.91. The summed E-state index contributed by atoms with van der Waals surface area (Å²) in [6, 6.07) is 9.05. The zero-order valence-corrected chi connectivity index (χ0v) is 14.6. The summed E-state index contributed by atoms with van der Waals surface area (Å²) in [6.07, 6.45) is 0.751. The maximum absolute atomic E-state index is 13.0. The van der Waals surface area contributed by atoms with E-state index in [2.05, 4.69) is 0 Å². The topological polar surface area (TPSA) is 53.2 Å². The van der Waals surface area contributed by atoms with Gasteiger partial charge in [0.2, 0.25) is 0 Å². The molecule has 3 heterocycles. The minimum atomic E-state index is -0.330. The summed E-state index contributed by atoms with van der Waals surface area (Å²) in [5.74, 6) is 0. The Bertz CT molecular complexity index is 1060. The molecular weight excluding hydrogens is 324 g/mol. The Morgan fingerprint density at radius 2 is 1.88 bits per heavy atom. The Labute approximate surface area is 142 Å². The summed E-state index contributed by atoms with van der Waals surface area (Å²) in [5.41, 5.74) is 1.46. The molecule has 5 nitrogen and oxygen atoms in total. The molecule has 0 saturated heterocycles. The highest BCUT2D eigenvalue weighted by Crippen LogP contribution is 2.37. The molecule has 0 atom stereocenters. The van der Waals surface area contributed by atoms with Crippen LogP contribution in [-0.2, 0) is 24.8 Å². The molecule has 0 saturated carbocycles. The van der Waals surface area contributed by atoms with Crippen LogP contribution in [-0.4, -0.2) is 14.7 Å². The van der Waals surface area contributed by atoms with Crippen LogP contribution in [0.4, 0.5) is 0 Å². The zero-order chi connectivity index (χ0) is 17.1. The summed E-state index contributed by atoms with van der Waals surface area (Å²) < 4.78 is 9.32. The fourth-order valence-electron chi connectivity index (χ4n) is 3.24. The quantitative estimate of drug-likeness (QED) is 0.683. The predicted octanol–water partition coefficient (Wildman–Crippen LogP) is 2.60. The Morgan fingerprint density at radius 3 is 2.58 bits per heavy atom. The van der Waals surface area contributed by atoms with E-state index in [1.54, 1.807) is 23.7 Å². The van der Waals surface area contributed by atoms with Crippen molar-refractivity contribution in [2.75, 3.05) is 0 Å². The molecule has 1 aliphatic heterocycles. The number of hydrogen-bond acceptors (Lipinski definition) is 4. The number of thiophene rings is 1. The lowest BCUT2D eigenvalue weighted by molar-refractivity contribution is -0.0383. The summed E-state index contributed by atoms with van der Waals surface area (Å²) in [7, 11) is 1.72. The third kappa shape index (κ3) is 2.17.